The number of likely N-dealkylation sites (tertiary alicyclic amines) is 1. The molecular weight excluding hydrogens is 304 g/mol. The van der Waals surface area contributed by atoms with Crippen molar-refractivity contribution in [1.29, 1.82) is 0 Å². The van der Waals surface area contributed by atoms with Gasteiger partial charge in [-0.25, -0.2) is 4.79 Å². The second-order valence-electron chi connectivity index (χ2n) is 6.80. The molecule has 6 heteroatoms. The molecule has 2 atom stereocenters. The number of para-hydroxylation sites is 1. The first kappa shape index (κ1) is 16.6. The van der Waals surface area contributed by atoms with Crippen LogP contribution < -0.4 is 16.0 Å². The maximum atomic E-state index is 12.3. The molecule has 3 rings (SSSR count). The lowest BCUT2D eigenvalue weighted by molar-refractivity contribution is -0.121. The summed E-state index contributed by atoms with van der Waals surface area (Å²) in [5, 5.41) is 3.03. The second kappa shape index (κ2) is 7.11. The minimum atomic E-state index is -0.412. The fraction of sp³-hybridized carbons (Fsp3) is 0.556. The maximum Gasteiger partial charge on any atom is 0.314 e. The van der Waals surface area contributed by atoms with Crippen LogP contribution in [0.25, 0.3) is 0 Å². The molecule has 1 saturated heterocycles. The first-order chi connectivity index (χ1) is 11.5. The fourth-order valence-corrected chi connectivity index (χ4v) is 3.70. The Morgan fingerprint density at radius 1 is 1.29 bits per heavy atom. The van der Waals surface area contributed by atoms with Crippen LogP contribution in [0.4, 0.5) is 10.5 Å². The number of aryl methyl sites for hydroxylation is 1. The zero-order chi connectivity index (χ0) is 17.1. The summed E-state index contributed by atoms with van der Waals surface area (Å²) in [4.78, 5) is 27.3. The number of urea groups is 1. The molecule has 0 unspecified atom stereocenters. The fourth-order valence-electron chi connectivity index (χ4n) is 3.70. The van der Waals surface area contributed by atoms with E-state index in [4.69, 9.17) is 5.73 Å². The average molecular weight is 330 g/mol. The molecule has 0 saturated carbocycles. The Balaban J connectivity index is 1.52. The molecule has 1 fully saturated rings. The van der Waals surface area contributed by atoms with Crippen LogP contribution >= 0.6 is 0 Å². The molecule has 3 N–H and O–H groups in total. The summed E-state index contributed by atoms with van der Waals surface area (Å²) in [6, 6.07) is 8.51. The number of amides is 3. The first-order valence-electron chi connectivity index (χ1n) is 8.73. The summed E-state index contributed by atoms with van der Waals surface area (Å²) < 4.78 is 0. The molecule has 1 aromatic rings. The Kier molecular flexibility index (Phi) is 4.92. The lowest BCUT2D eigenvalue weighted by Crippen LogP contribution is -2.43. The van der Waals surface area contributed by atoms with Gasteiger partial charge in [0.05, 0.1) is 0 Å². The number of nitrogens with one attached hydrogen (secondary N) is 1. The number of hydrogen-bond donors (Lipinski definition) is 2. The molecule has 2 aliphatic heterocycles. The Bertz CT molecular complexity index is 619. The van der Waals surface area contributed by atoms with E-state index in [-0.39, 0.29) is 11.9 Å². The highest BCUT2D eigenvalue weighted by Crippen LogP contribution is 2.30. The van der Waals surface area contributed by atoms with Gasteiger partial charge in [0.25, 0.3) is 0 Å². The van der Waals surface area contributed by atoms with Gasteiger partial charge in [-0.3, -0.25) is 4.79 Å². The number of hydrogen-bond acceptors (Lipinski definition) is 3. The van der Waals surface area contributed by atoms with Crippen LogP contribution in [-0.4, -0.2) is 48.6 Å². The van der Waals surface area contributed by atoms with Gasteiger partial charge >= 0.3 is 6.03 Å². The standard InChI is InChI=1S/C18H26N4O2/c1-13-6-7-14-4-2-3-5-16(14)22(13)11-9-17(23)20-15-8-10-21(12-15)18(19)24/h2-5,13,15H,6-12H2,1H3,(H2,19,24)(H,20,23)/t13-,15-/m1/s1. The van der Waals surface area contributed by atoms with Crippen molar-refractivity contribution >= 4 is 17.6 Å². The minimum Gasteiger partial charge on any atom is -0.368 e. The van der Waals surface area contributed by atoms with Crippen LogP contribution in [-0.2, 0) is 11.2 Å². The van der Waals surface area contributed by atoms with Gasteiger partial charge in [-0.15, -0.1) is 0 Å². The number of rotatable bonds is 4. The molecule has 3 amide bonds. The van der Waals surface area contributed by atoms with Crippen molar-refractivity contribution in [3.63, 3.8) is 0 Å². The number of primary amides is 1. The van der Waals surface area contributed by atoms with Crippen molar-refractivity contribution in [2.75, 3.05) is 24.5 Å². The highest BCUT2D eigenvalue weighted by atomic mass is 16.2. The monoisotopic (exact) mass is 330 g/mol. The summed E-state index contributed by atoms with van der Waals surface area (Å²) in [7, 11) is 0. The molecule has 130 valence electrons. The summed E-state index contributed by atoms with van der Waals surface area (Å²) >= 11 is 0. The smallest absolute Gasteiger partial charge is 0.314 e. The van der Waals surface area contributed by atoms with Gasteiger partial charge in [-0.05, 0) is 37.8 Å². The van der Waals surface area contributed by atoms with Crippen molar-refractivity contribution in [2.24, 2.45) is 5.73 Å². The molecule has 0 spiro atoms. The van der Waals surface area contributed by atoms with E-state index in [1.807, 2.05) is 0 Å². The van der Waals surface area contributed by atoms with Gasteiger partial charge < -0.3 is 20.9 Å². The lowest BCUT2D eigenvalue weighted by atomic mass is 9.96. The molecule has 0 bridgehead atoms. The number of nitrogens with two attached hydrogens (primary N) is 1. The number of carbonyl (C=O) groups excluding carboxylic acids is 2. The van der Waals surface area contributed by atoms with Crippen molar-refractivity contribution in [3.8, 4) is 0 Å². The number of anilines is 1. The normalized spacial score (nSPS) is 23.0. The molecule has 0 aromatic heterocycles. The Morgan fingerprint density at radius 2 is 2.08 bits per heavy atom. The third-order valence-corrected chi connectivity index (χ3v) is 5.11. The van der Waals surface area contributed by atoms with Gasteiger partial charge in [0.2, 0.25) is 5.91 Å². The molecule has 1 aromatic carbocycles. The summed E-state index contributed by atoms with van der Waals surface area (Å²) in [6.45, 7) is 4.08. The van der Waals surface area contributed by atoms with Crippen LogP contribution in [0.5, 0.6) is 0 Å². The maximum absolute atomic E-state index is 12.3. The zero-order valence-electron chi connectivity index (χ0n) is 14.2. The third kappa shape index (κ3) is 3.63. The van der Waals surface area contributed by atoms with Crippen LogP contribution in [0, 0.1) is 0 Å². The van der Waals surface area contributed by atoms with E-state index >= 15 is 0 Å². The van der Waals surface area contributed by atoms with Crippen LogP contribution in [0.3, 0.4) is 0 Å². The van der Waals surface area contributed by atoms with E-state index in [0.717, 1.165) is 25.8 Å². The quantitative estimate of drug-likeness (QED) is 0.878. The molecule has 0 radical (unpaired) electrons. The number of benzene rings is 1. The van der Waals surface area contributed by atoms with E-state index in [0.29, 0.717) is 25.6 Å². The van der Waals surface area contributed by atoms with E-state index in [1.165, 1.54) is 11.3 Å². The highest BCUT2D eigenvalue weighted by molar-refractivity contribution is 5.77. The molecule has 2 heterocycles. The predicted molar refractivity (Wildman–Crippen MR) is 93.9 cm³/mol. The van der Waals surface area contributed by atoms with E-state index in [1.54, 1.807) is 4.90 Å². The van der Waals surface area contributed by atoms with Crippen LogP contribution in [0.15, 0.2) is 24.3 Å². The SMILES string of the molecule is C[C@@H]1CCc2ccccc2N1CCC(=O)N[C@@H]1CCN(C(N)=O)C1. The van der Waals surface area contributed by atoms with Gasteiger partial charge in [0, 0.05) is 43.8 Å². The molecule has 24 heavy (non-hydrogen) atoms. The molecule has 6 nitrogen and oxygen atoms in total. The highest BCUT2D eigenvalue weighted by Gasteiger charge is 2.27. The molecule has 0 aliphatic carbocycles. The largest absolute Gasteiger partial charge is 0.368 e. The second-order valence-corrected chi connectivity index (χ2v) is 6.80. The summed E-state index contributed by atoms with van der Waals surface area (Å²) in [5.41, 5.74) is 7.89. The van der Waals surface area contributed by atoms with Gasteiger partial charge in [-0.1, -0.05) is 18.2 Å². The minimum absolute atomic E-state index is 0.0241. The van der Waals surface area contributed by atoms with E-state index in [2.05, 4.69) is 41.4 Å². The predicted octanol–water partition coefficient (Wildman–Crippen LogP) is 1.49. The van der Waals surface area contributed by atoms with Crippen molar-refractivity contribution in [1.82, 2.24) is 10.2 Å². The Labute approximate surface area is 143 Å². The van der Waals surface area contributed by atoms with Crippen LogP contribution in [0.1, 0.15) is 31.7 Å². The van der Waals surface area contributed by atoms with Crippen molar-refractivity contribution in [2.45, 2.75) is 44.7 Å². The molecular formula is C18H26N4O2. The van der Waals surface area contributed by atoms with E-state index in [9.17, 15) is 9.59 Å². The average Bonchev–Trinajstić information content (AvgIpc) is 3.02. The number of nitrogens with zero attached hydrogens (tertiary/aromatic N) is 2. The summed E-state index contributed by atoms with van der Waals surface area (Å²) in [5.74, 6) is 0.0431. The topological polar surface area (TPSA) is 78.7 Å². The Morgan fingerprint density at radius 3 is 2.83 bits per heavy atom. The summed E-state index contributed by atoms with van der Waals surface area (Å²) in [6.07, 6.45) is 3.46. The van der Waals surface area contributed by atoms with Crippen molar-refractivity contribution < 1.29 is 9.59 Å². The first-order valence-corrected chi connectivity index (χ1v) is 8.73. The lowest BCUT2D eigenvalue weighted by Gasteiger charge is -2.37. The number of fused-ring (bicyclic) bond motifs is 1. The van der Waals surface area contributed by atoms with Gasteiger partial charge in [-0.2, -0.15) is 0 Å². The number of carbonyl (C=O) groups is 2. The zero-order valence-corrected chi connectivity index (χ0v) is 14.2. The van der Waals surface area contributed by atoms with Crippen LogP contribution in [0.2, 0.25) is 0 Å². The van der Waals surface area contributed by atoms with Gasteiger partial charge in [0.1, 0.15) is 0 Å². The van der Waals surface area contributed by atoms with Gasteiger partial charge in [0.15, 0.2) is 0 Å². The Hall–Kier alpha value is -2.24. The molecule has 2 aliphatic rings. The third-order valence-electron chi connectivity index (χ3n) is 5.11. The van der Waals surface area contributed by atoms with Crippen molar-refractivity contribution in [3.05, 3.63) is 29.8 Å². The van der Waals surface area contributed by atoms with E-state index < -0.39 is 6.03 Å².